The molecule has 2 N–H and O–H groups in total. The molecule has 0 unspecified atom stereocenters. The van der Waals surface area contributed by atoms with Gasteiger partial charge in [-0.25, -0.2) is 8.78 Å². The van der Waals surface area contributed by atoms with Crippen LogP contribution in [0.2, 0.25) is 0 Å². The van der Waals surface area contributed by atoms with Crippen molar-refractivity contribution in [2.45, 2.75) is 6.43 Å². The molecule has 1 aromatic carbocycles. The Labute approximate surface area is 106 Å². The van der Waals surface area contributed by atoms with E-state index in [0.717, 1.165) is 0 Å². The monoisotopic (exact) mass is 269 g/mol. The SMILES string of the molecule is O=C1COc2ccc(C(=O)/C=C(\O)C(F)F)cc2N1. The van der Waals surface area contributed by atoms with Crippen molar-refractivity contribution < 1.29 is 28.2 Å². The molecule has 0 bridgehead atoms. The molecule has 1 aliphatic heterocycles. The van der Waals surface area contributed by atoms with Crippen LogP contribution in [0.25, 0.3) is 0 Å². The molecular formula is C12H9F2NO4. The van der Waals surface area contributed by atoms with E-state index in [-0.39, 0.29) is 23.8 Å². The van der Waals surface area contributed by atoms with Crippen molar-refractivity contribution in [2.24, 2.45) is 0 Å². The van der Waals surface area contributed by atoms with Gasteiger partial charge in [0.15, 0.2) is 18.1 Å². The highest BCUT2D eigenvalue weighted by Crippen LogP contribution is 2.28. The first kappa shape index (κ1) is 13.0. The fourth-order valence-corrected chi connectivity index (χ4v) is 1.52. The van der Waals surface area contributed by atoms with Crippen molar-refractivity contribution >= 4 is 17.4 Å². The fraction of sp³-hybridized carbons (Fsp3) is 0.167. The van der Waals surface area contributed by atoms with Gasteiger partial charge in [0.25, 0.3) is 12.3 Å². The largest absolute Gasteiger partial charge is 0.506 e. The van der Waals surface area contributed by atoms with Gasteiger partial charge in [-0.05, 0) is 18.2 Å². The van der Waals surface area contributed by atoms with Crippen LogP contribution in [0.4, 0.5) is 14.5 Å². The summed E-state index contributed by atoms with van der Waals surface area (Å²) in [6, 6.07) is 4.09. The predicted molar refractivity (Wildman–Crippen MR) is 61.6 cm³/mol. The van der Waals surface area contributed by atoms with Gasteiger partial charge >= 0.3 is 0 Å². The Bertz CT molecular complexity index is 569. The van der Waals surface area contributed by atoms with E-state index >= 15 is 0 Å². The van der Waals surface area contributed by atoms with Crippen molar-refractivity contribution in [3.05, 3.63) is 35.6 Å². The number of carbonyl (C=O) groups excluding carboxylic acids is 2. The van der Waals surface area contributed by atoms with E-state index in [9.17, 15) is 18.4 Å². The molecule has 0 aromatic heterocycles. The van der Waals surface area contributed by atoms with Gasteiger partial charge in [0.1, 0.15) is 5.75 Å². The molecular weight excluding hydrogens is 260 g/mol. The highest BCUT2D eigenvalue weighted by atomic mass is 19.3. The number of carbonyl (C=O) groups is 2. The third-order valence-electron chi connectivity index (χ3n) is 2.40. The number of aliphatic hydroxyl groups is 1. The van der Waals surface area contributed by atoms with E-state index in [4.69, 9.17) is 9.84 Å². The number of hydrogen-bond acceptors (Lipinski definition) is 4. The van der Waals surface area contributed by atoms with Crippen LogP contribution in [0.3, 0.4) is 0 Å². The second-order valence-electron chi connectivity index (χ2n) is 3.78. The summed E-state index contributed by atoms with van der Waals surface area (Å²) in [6.07, 6.45) is -2.66. The molecule has 0 saturated heterocycles. The van der Waals surface area contributed by atoms with Crippen LogP contribution in [0.5, 0.6) is 5.75 Å². The molecule has 0 radical (unpaired) electrons. The third-order valence-corrected chi connectivity index (χ3v) is 2.40. The number of halogens is 2. The van der Waals surface area contributed by atoms with Crippen LogP contribution in [-0.2, 0) is 4.79 Å². The van der Waals surface area contributed by atoms with Gasteiger partial charge in [0.2, 0.25) is 0 Å². The van der Waals surface area contributed by atoms with Crippen LogP contribution in [0.15, 0.2) is 30.0 Å². The normalized spacial score (nSPS) is 14.7. The summed E-state index contributed by atoms with van der Waals surface area (Å²) in [4.78, 5) is 22.7. The van der Waals surface area contributed by atoms with Gasteiger partial charge < -0.3 is 15.2 Å². The molecule has 1 aromatic rings. The zero-order valence-corrected chi connectivity index (χ0v) is 9.52. The molecule has 0 spiro atoms. The maximum absolute atomic E-state index is 12.1. The second kappa shape index (κ2) is 5.05. The Hall–Kier alpha value is -2.44. The van der Waals surface area contributed by atoms with Gasteiger partial charge in [-0.15, -0.1) is 0 Å². The number of fused-ring (bicyclic) bond motifs is 1. The standard InChI is InChI=1S/C12H9F2NO4/c13-12(14)9(17)4-8(16)6-1-2-10-7(3-6)15-11(18)5-19-10/h1-4,12,17H,5H2,(H,15,18)/b9-4-. The van der Waals surface area contributed by atoms with Gasteiger partial charge in [0, 0.05) is 11.6 Å². The van der Waals surface area contributed by atoms with E-state index in [0.29, 0.717) is 11.8 Å². The minimum absolute atomic E-state index is 0.0525. The third kappa shape index (κ3) is 2.87. The lowest BCUT2D eigenvalue weighted by Crippen LogP contribution is -2.25. The quantitative estimate of drug-likeness (QED) is 0.499. The van der Waals surface area contributed by atoms with Gasteiger partial charge in [0.05, 0.1) is 5.69 Å². The summed E-state index contributed by atoms with van der Waals surface area (Å²) in [6.45, 7) is -0.119. The van der Waals surface area contributed by atoms with Crippen molar-refractivity contribution in [1.82, 2.24) is 0 Å². The van der Waals surface area contributed by atoms with Crippen molar-refractivity contribution in [3.8, 4) is 5.75 Å². The molecule has 100 valence electrons. The van der Waals surface area contributed by atoms with E-state index in [1.165, 1.54) is 18.2 Å². The first-order chi connectivity index (χ1) is 8.97. The van der Waals surface area contributed by atoms with Crippen LogP contribution in [0, 0.1) is 0 Å². The molecule has 19 heavy (non-hydrogen) atoms. The highest BCUT2D eigenvalue weighted by Gasteiger charge is 2.18. The lowest BCUT2D eigenvalue weighted by atomic mass is 10.1. The fourth-order valence-electron chi connectivity index (χ4n) is 1.52. The van der Waals surface area contributed by atoms with Crippen LogP contribution < -0.4 is 10.1 Å². The van der Waals surface area contributed by atoms with Crippen molar-refractivity contribution in [2.75, 3.05) is 11.9 Å². The average molecular weight is 269 g/mol. The number of alkyl halides is 2. The number of anilines is 1. The van der Waals surface area contributed by atoms with E-state index in [1.807, 2.05) is 0 Å². The van der Waals surface area contributed by atoms with Crippen LogP contribution in [0.1, 0.15) is 10.4 Å². The molecule has 1 amide bonds. The summed E-state index contributed by atoms with van der Waals surface area (Å²) in [7, 11) is 0. The maximum Gasteiger partial charge on any atom is 0.294 e. The highest BCUT2D eigenvalue weighted by molar-refractivity contribution is 6.06. The number of ketones is 1. The maximum atomic E-state index is 12.1. The number of amides is 1. The molecule has 1 heterocycles. The predicted octanol–water partition coefficient (Wildman–Crippen LogP) is 1.91. The molecule has 7 heteroatoms. The van der Waals surface area contributed by atoms with Crippen LogP contribution in [-0.4, -0.2) is 29.8 Å². The van der Waals surface area contributed by atoms with E-state index < -0.39 is 18.0 Å². The minimum Gasteiger partial charge on any atom is -0.506 e. The van der Waals surface area contributed by atoms with Gasteiger partial charge in [-0.3, -0.25) is 9.59 Å². The Kier molecular flexibility index (Phi) is 3.46. The van der Waals surface area contributed by atoms with E-state index in [2.05, 4.69) is 5.32 Å². The average Bonchev–Trinajstić information content (AvgIpc) is 2.37. The lowest BCUT2D eigenvalue weighted by Gasteiger charge is -2.18. The first-order valence-electron chi connectivity index (χ1n) is 5.27. The number of allylic oxidation sites excluding steroid dienone is 2. The Morgan fingerprint density at radius 1 is 1.47 bits per heavy atom. The number of nitrogens with one attached hydrogen (secondary N) is 1. The number of benzene rings is 1. The lowest BCUT2D eigenvalue weighted by molar-refractivity contribution is -0.118. The summed E-state index contributed by atoms with van der Waals surface area (Å²) in [5, 5.41) is 11.3. The molecule has 5 nitrogen and oxygen atoms in total. The summed E-state index contributed by atoms with van der Waals surface area (Å²) < 4.78 is 29.2. The first-order valence-corrected chi connectivity index (χ1v) is 5.27. The summed E-state index contributed by atoms with van der Waals surface area (Å²) >= 11 is 0. The molecule has 0 fully saturated rings. The van der Waals surface area contributed by atoms with Gasteiger partial charge in [-0.1, -0.05) is 0 Å². The van der Waals surface area contributed by atoms with Crippen molar-refractivity contribution in [1.29, 1.82) is 0 Å². The molecule has 0 saturated carbocycles. The van der Waals surface area contributed by atoms with E-state index in [1.54, 1.807) is 0 Å². The second-order valence-corrected chi connectivity index (χ2v) is 3.78. The van der Waals surface area contributed by atoms with Crippen molar-refractivity contribution in [3.63, 3.8) is 0 Å². The topological polar surface area (TPSA) is 75.6 Å². The number of rotatable bonds is 3. The minimum atomic E-state index is -3.11. The summed E-state index contributed by atoms with van der Waals surface area (Å²) in [5.41, 5.74) is 0.337. The Morgan fingerprint density at radius 2 is 2.21 bits per heavy atom. The molecule has 1 aliphatic rings. The smallest absolute Gasteiger partial charge is 0.294 e. The molecule has 2 rings (SSSR count). The number of ether oxygens (including phenoxy) is 1. The van der Waals surface area contributed by atoms with Gasteiger partial charge in [-0.2, -0.15) is 0 Å². The van der Waals surface area contributed by atoms with Crippen LogP contribution >= 0.6 is 0 Å². The zero-order chi connectivity index (χ0) is 14.0. The Morgan fingerprint density at radius 3 is 2.89 bits per heavy atom. The molecule has 0 aliphatic carbocycles. The number of aliphatic hydroxyl groups excluding tert-OH is 1. The molecule has 0 atom stereocenters. The summed E-state index contributed by atoms with van der Waals surface area (Å²) in [5.74, 6) is -2.08. The Balaban J connectivity index is 2.27. The number of hydrogen-bond donors (Lipinski definition) is 2. The zero-order valence-electron chi connectivity index (χ0n) is 9.52.